The van der Waals surface area contributed by atoms with Crippen LogP contribution in [0.25, 0.3) is 0 Å². The predicted octanol–water partition coefficient (Wildman–Crippen LogP) is 5.57. The van der Waals surface area contributed by atoms with Crippen molar-refractivity contribution in [1.82, 2.24) is 0 Å². The lowest BCUT2D eigenvalue weighted by atomic mass is 10.0. The van der Waals surface area contributed by atoms with Crippen LogP contribution in [0.2, 0.25) is 0 Å². The van der Waals surface area contributed by atoms with Gasteiger partial charge in [0.15, 0.2) is 0 Å². The van der Waals surface area contributed by atoms with Crippen LogP contribution in [0.4, 0.5) is 0 Å². The van der Waals surface area contributed by atoms with Crippen LogP contribution in [-0.4, -0.2) is 4.43 Å². The molecule has 0 aromatic heterocycles. The third kappa shape index (κ3) is 7.07. The first-order chi connectivity index (χ1) is 8.36. The van der Waals surface area contributed by atoms with Gasteiger partial charge >= 0.3 is 0 Å². The second kappa shape index (κ2) is 9.93. The van der Waals surface area contributed by atoms with Gasteiger partial charge in [-0.2, -0.15) is 0 Å². The van der Waals surface area contributed by atoms with Gasteiger partial charge in [-0.3, -0.25) is 0 Å². The number of aryl methyl sites for hydroxylation is 2. The second-order valence-electron chi connectivity index (χ2n) is 4.77. The first-order valence-corrected chi connectivity index (χ1v) is 8.53. The smallest absolute Gasteiger partial charge is 0.00358 e. The van der Waals surface area contributed by atoms with Gasteiger partial charge in [-0.25, -0.2) is 0 Å². The van der Waals surface area contributed by atoms with Gasteiger partial charge in [-0.15, -0.1) is 0 Å². The van der Waals surface area contributed by atoms with E-state index < -0.39 is 0 Å². The van der Waals surface area contributed by atoms with Crippen LogP contribution in [0.1, 0.15) is 56.6 Å². The van der Waals surface area contributed by atoms with Gasteiger partial charge in [0.05, 0.1) is 0 Å². The van der Waals surface area contributed by atoms with Gasteiger partial charge in [-0.1, -0.05) is 85.9 Å². The summed E-state index contributed by atoms with van der Waals surface area (Å²) >= 11 is 2.44. The zero-order valence-electron chi connectivity index (χ0n) is 11.1. The summed E-state index contributed by atoms with van der Waals surface area (Å²) < 4.78 is 1.22. The monoisotopic (exact) mass is 344 g/mol. The van der Waals surface area contributed by atoms with Gasteiger partial charge < -0.3 is 0 Å². The average Bonchev–Trinajstić information content (AvgIpc) is 2.36. The summed E-state index contributed by atoms with van der Waals surface area (Å²) in [4.78, 5) is 0. The zero-order valence-corrected chi connectivity index (χ0v) is 13.2. The van der Waals surface area contributed by atoms with Crippen molar-refractivity contribution >= 4 is 22.6 Å². The molecule has 0 aliphatic carbocycles. The zero-order chi connectivity index (χ0) is 12.3. The second-order valence-corrected chi connectivity index (χ2v) is 5.85. The first kappa shape index (κ1) is 15.0. The molecule has 0 bridgehead atoms. The van der Waals surface area contributed by atoms with E-state index in [-0.39, 0.29) is 0 Å². The lowest BCUT2D eigenvalue weighted by molar-refractivity contribution is 0.607. The Balaban J connectivity index is 2.14. The van der Waals surface area contributed by atoms with Gasteiger partial charge in [0.2, 0.25) is 0 Å². The molecule has 0 unspecified atom stereocenters. The molecule has 0 saturated carbocycles. The topological polar surface area (TPSA) is 0 Å². The molecule has 1 aromatic rings. The van der Waals surface area contributed by atoms with Crippen LogP contribution in [0, 0.1) is 0 Å². The molecule has 0 fully saturated rings. The Hall–Kier alpha value is -0.0500. The maximum Gasteiger partial charge on any atom is 0.00358 e. The van der Waals surface area contributed by atoms with Crippen LogP contribution in [0.3, 0.4) is 0 Å². The fourth-order valence-corrected chi connectivity index (χ4v) is 2.71. The van der Waals surface area contributed by atoms with E-state index in [0.29, 0.717) is 0 Å². The molecule has 96 valence electrons. The molecule has 0 aliphatic heterocycles. The predicted molar refractivity (Wildman–Crippen MR) is 86.1 cm³/mol. The molecule has 0 nitrogen and oxygen atoms in total. The van der Waals surface area contributed by atoms with E-state index in [9.17, 15) is 0 Å². The highest BCUT2D eigenvalue weighted by atomic mass is 127. The molecule has 0 saturated heterocycles. The lowest BCUT2D eigenvalue weighted by Gasteiger charge is -2.03. The van der Waals surface area contributed by atoms with Crippen molar-refractivity contribution < 1.29 is 0 Å². The van der Waals surface area contributed by atoms with Crippen molar-refractivity contribution in [3.8, 4) is 0 Å². The molecule has 0 atom stereocenters. The van der Waals surface area contributed by atoms with Gasteiger partial charge in [0.25, 0.3) is 0 Å². The van der Waals surface area contributed by atoms with E-state index in [4.69, 9.17) is 0 Å². The number of unbranched alkanes of at least 4 members (excludes halogenated alkanes) is 5. The fourth-order valence-electron chi connectivity index (χ4n) is 2.09. The third-order valence-corrected chi connectivity index (χ3v) is 3.76. The van der Waals surface area contributed by atoms with Crippen LogP contribution >= 0.6 is 22.6 Å². The molecule has 17 heavy (non-hydrogen) atoms. The van der Waals surface area contributed by atoms with Crippen molar-refractivity contribution in [3.63, 3.8) is 0 Å². The van der Waals surface area contributed by atoms with Crippen LogP contribution in [0.5, 0.6) is 0 Å². The Morgan fingerprint density at radius 2 is 1.29 bits per heavy atom. The van der Waals surface area contributed by atoms with Crippen molar-refractivity contribution in [3.05, 3.63) is 35.4 Å². The Morgan fingerprint density at radius 1 is 0.765 bits per heavy atom. The molecule has 1 aromatic carbocycles. The Morgan fingerprint density at radius 3 is 1.88 bits per heavy atom. The van der Waals surface area contributed by atoms with E-state index in [2.05, 4.69) is 53.8 Å². The number of hydrogen-bond acceptors (Lipinski definition) is 0. The van der Waals surface area contributed by atoms with Gasteiger partial charge in [0, 0.05) is 4.43 Å². The quantitative estimate of drug-likeness (QED) is 0.312. The highest BCUT2D eigenvalue weighted by molar-refractivity contribution is 14.1. The van der Waals surface area contributed by atoms with E-state index >= 15 is 0 Å². The Bertz CT molecular complexity index is 276. The summed E-state index contributed by atoms with van der Waals surface area (Å²) in [6.07, 6.45) is 10.8. The first-order valence-electron chi connectivity index (χ1n) is 7.00. The summed E-state index contributed by atoms with van der Waals surface area (Å²) in [5.41, 5.74) is 2.99. The maximum absolute atomic E-state index is 2.44. The summed E-state index contributed by atoms with van der Waals surface area (Å²) in [7, 11) is 0. The SMILES string of the molecule is CCCCCCCCc1ccc(CCI)cc1. The van der Waals surface area contributed by atoms with Crippen molar-refractivity contribution in [2.24, 2.45) is 0 Å². The largest absolute Gasteiger partial charge is 0.0860 e. The number of halogens is 1. The van der Waals surface area contributed by atoms with E-state index in [0.717, 1.165) is 0 Å². The lowest BCUT2D eigenvalue weighted by Crippen LogP contribution is -1.89. The molecule has 0 heterocycles. The number of hydrogen-bond donors (Lipinski definition) is 0. The molecular formula is C16H25I. The highest BCUT2D eigenvalue weighted by Crippen LogP contribution is 2.11. The van der Waals surface area contributed by atoms with E-state index in [1.807, 2.05) is 0 Å². The number of alkyl halides is 1. The summed E-state index contributed by atoms with van der Waals surface area (Å²) in [6.45, 7) is 2.28. The minimum absolute atomic E-state index is 1.21. The molecule has 1 heteroatoms. The molecular weight excluding hydrogens is 319 g/mol. The maximum atomic E-state index is 2.44. The van der Waals surface area contributed by atoms with Crippen molar-refractivity contribution in [2.75, 3.05) is 4.43 Å². The molecule has 0 amide bonds. The minimum atomic E-state index is 1.21. The third-order valence-electron chi connectivity index (χ3n) is 3.23. The van der Waals surface area contributed by atoms with E-state index in [1.54, 1.807) is 0 Å². The van der Waals surface area contributed by atoms with Crippen LogP contribution in [-0.2, 0) is 12.8 Å². The van der Waals surface area contributed by atoms with Crippen molar-refractivity contribution in [2.45, 2.75) is 58.3 Å². The molecule has 0 radical (unpaired) electrons. The summed E-state index contributed by atoms with van der Waals surface area (Å²) in [6, 6.07) is 9.22. The highest BCUT2D eigenvalue weighted by Gasteiger charge is 1.95. The summed E-state index contributed by atoms with van der Waals surface area (Å²) in [5.74, 6) is 0. The average molecular weight is 344 g/mol. The molecule has 1 rings (SSSR count). The van der Waals surface area contributed by atoms with Gasteiger partial charge in [0.1, 0.15) is 0 Å². The fraction of sp³-hybridized carbons (Fsp3) is 0.625. The standard InChI is InChI=1S/C16H25I/c1-2-3-4-5-6-7-8-15-9-11-16(12-10-15)13-14-17/h9-12H,2-8,13-14H2,1H3. The molecule has 0 N–H and O–H groups in total. The molecule has 0 spiro atoms. The Kier molecular flexibility index (Phi) is 8.76. The number of benzene rings is 1. The van der Waals surface area contributed by atoms with Crippen LogP contribution in [0.15, 0.2) is 24.3 Å². The van der Waals surface area contributed by atoms with Gasteiger partial charge in [-0.05, 0) is 30.4 Å². The van der Waals surface area contributed by atoms with E-state index in [1.165, 1.54) is 66.9 Å². The Labute approximate surface area is 120 Å². The van der Waals surface area contributed by atoms with Crippen molar-refractivity contribution in [1.29, 1.82) is 0 Å². The summed E-state index contributed by atoms with van der Waals surface area (Å²) in [5, 5.41) is 0. The van der Waals surface area contributed by atoms with Crippen LogP contribution < -0.4 is 0 Å². The normalized spacial score (nSPS) is 10.7. The molecule has 0 aliphatic rings. The number of rotatable bonds is 9. The minimum Gasteiger partial charge on any atom is -0.0860 e.